The first-order chi connectivity index (χ1) is 28.0. The van der Waals surface area contributed by atoms with E-state index < -0.39 is 50.8 Å². The molecule has 4 aromatic rings. The second kappa shape index (κ2) is 21.4. The Balaban J connectivity index is 0.000000321. The van der Waals surface area contributed by atoms with Crippen LogP contribution in [0.3, 0.4) is 0 Å². The summed E-state index contributed by atoms with van der Waals surface area (Å²) in [7, 11) is -3.90. The molecule has 6 rings (SSSR count). The predicted molar refractivity (Wildman–Crippen MR) is 231 cm³/mol. The average molecular weight is 900 g/mol. The van der Waals surface area contributed by atoms with Crippen LogP contribution in [0.5, 0.6) is 0 Å². The van der Waals surface area contributed by atoms with E-state index in [1.165, 1.54) is 16.4 Å². The van der Waals surface area contributed by atoms with E-state index in [0.29, 0.717) is 23.0 Å². The predicted octanol–water partition coefficient (Wildman–Crippen LogP) is 5.73. The molecular weight excluding hydrogens is 839 g/mol. The zero-order valence-corrected chi connectivity index (χ0v) is 38.0. The molecule has 0 saturated carbocycles. The fourth-order valence-electron chi connectivity index (χ4n) is 6.62. The van der Waals surface area contributed by atoms with Gasteiger partial charge in [-0.3, -0.25) is 9.59 Å². The van der Waals surface area contributed by atoms with Crippen molar-refractivity contribution in [2.45, 2.75) is 160 Å². The minimum atomic E-state index is -3.90. The Morgan fingerprint density at radius 2 is 1.11 bits per heavy atom. The van der Waals surface area contributed by atoms with Gasteiger partial charge < -0.3 is 28.4 Å². The van der Waals surface area contributed by atoms with Crippen molar-refractivity contribution in [1.82, 2.24) is 40.4 Å². The molecule has 21 heteroatoms. The van der Waals surface area contributed by atoms with E-state index in [2.05, 4.69) is 31.1 Å². The summed E-state index contributed by atoms with van der Waals surface area (Å²) in [5.41, 5.74) is 0.300. The van der Waals surface area contributed by atoms with Crippen molar-refractivity contribution in [3.8, 4) is 11.4 Å². The van der Waals surface area contributed by atoms with Crippen LogP contribution in [0.1, 0.15) is 102 Å². The number of nitrogens with zero attached hydrogens (tertiary/aromatic N) is 8. The third-order valence-electron chi connectivity index (χ3n) is 8.45. The van der Waals surface area contributed by atoms with Crippen molar-refractivity contribution in [3.05, 3.63) is 60.7 Å². The maximum absolute atomic E-state index is 13.1. The third-order valence-corrected chi connectivity index (χ3v) is 11.1. The van der Waals surface area contributed by atoms with Crippen LogP contribution >= 0.6 is 11.8 Å². The molecule has 0 unspecified atom stereocenters. The maximum atomic E-state index is 13.1. The lowest BCUT2D eigenvalue weighted by molar-refractivity contribution is -0.296. The largest absolute Gasteiger partial charge is 0.460 e. The summed E-state index contributed by atoms with van der Waals surface area (Å²) in [5.74, 6) is -2.22. The lowest BCUT2D eigenvalue weighted by atomic mass is 10.1. The van der Waals surface area contributed by atoms with E-state index in [1.807, 2.05) is 71.0 Å². The van der Waals surface area contributed by atoms with E-state index >= 15 is 0 Å². The number of carbonyl (C=O) groups is 2. The second-order valence-corrected chi connectivity index (χ2v) is 20.2. The molecule has 0 amide bonds. The molecule has 18 nitrogen and oxygen atoms in total. The summed E-state index contributed by atoms with van der Waals surface area (Å²) in [5, 5.41) is 23.5. The molecule has 2 aliphatic rings. The van der Waals surface area contributed by atoms with Gasteiger partial charge in [0.2, 0.25) is 15.0 Å². The van der Waals surface area contributed by atoms with E-state index in [-0.39, 0.29) is 64.2 Å². The highest BCUT2D eigenvalue weighted by atomic mass is 32.2. The molecule has 2 aliphatic heterocycles. The molecule has 0 N–H and O–H groups in total. The lowest BCUT2D eigenvalue weighted by Gasteiger charge is -2.40. The first kappa shape index (κ1) is 52.1. The first-order valence-electron chi connectivity index (χ1n) is 19.6. The van der Waals surface area contributed by atoms with Gasteiger partial charge in [-0.15, -0.1) is 5.10 Å². The van der Waals surface area contributed by atoms with E-state index in [9.17, 15) is 18.0 Å². The van der Waals surface area contributed by atoms with Crippen LogP contribution in [0, 0.1) is 0 Å². The Kier molecular flexibility index (Phi) is 18.0. The summed E-state index contributed by atoms with van der Waals surface area (Å²) in [6, 6.07) is 18.5. The Hall–Kier alpha value is -4.28. The van der Waals surface area contributed by atoms with Gasteiger partial charge in [0.05, 0.1) is 54.4 Å². The smallest absolute Gasteiger partial charge is 0.308 e. The van der Waals surface area contributed by atoms with E-state index in [0.717, 1.165) is 5.69 Å². The average Bonchev–Trinajstić information content (AvgIpc) is 3.80. The number of benzene rings is 2. The number of ether oxygens (including phenoxy) is 6. The van der Waals surface area contributed by atoms with Gasteiger partial charge in [-0.1, -0.05) is 60.7 Å². The summed E-state index contributed by atoms with van der Waals surface area (Å²) in [4.78, 5) is 24.4. The van der Waals surface area contributed by atoms with Crippen LogP contribution in [0.4, 0.5) is 0 Å². The van der Waals surface area contributed by atoms with E-state index in [1.54, 1.807) is 63.6 Å². The van der Waals surface area contributed by atoms with Gasteiger partial charge >= 0.3 is 11.9 Å². The second-order valence-electron chi connectivity index (χ2n) is 17.3. The Morgan fingerprint density at radius 1 is 0.694 bits per heavy atom. The summed E-state index contributed by atoms with van der Waals surface area (Å²) in [6.45, 7) is 18.0. The highest BCUT2D eigenvalue weighted by Crippen LogP contribution is 2.33. The van der Waals surface area contributed by atoms with Crippen molar-refractivity contribution in [2.75, 3.05) is 11.5 Å². The summed E-state index contributed by atoms with van der Waals surface area (Å²) < 4.78 is 63.5. The van der Waals surface area contributed by atoms with Crippen LogP contribution in [0.15, 0.2) is 71.0 Å². The van der Waals surface area contributed by atoms with Gasteiger partial charge in [-0.05, 0) is 114 Å². The number of rotatable bonds is 12. The molecular formula is C41H60BN8O10S2. The first-order valence-corrected chi connectivity index (χ1v) is 22.3. The fraction of sp³-hybridized carbons (Fsp3) is 0.610. The normalized spacial score (nSPS) is 20.9. The van der Waals surface area contributed by atoms with Gasteiger partial charge in [0.1, 0.15) is 11.2 Å². The number of thioether (sulfide) groups is 1. The van der Waals surface area contributed by atoms with Crippen molar-refractivity contribution in [2.24, 2.45) is 0 Å². The van der Waals surface area contributed by atoms with Gasteiger partial charge in [-0.25, -0.2) is 8.42 Å². The number of esters is 2. The van der Waals surface area contributed by atoms with E-state index in [4.69, 9.17) is 28.4 Å². The van der Waals surface area contributed by atoms with Crippen LogP contribution < -0.4 is 0 Å². The van der Waals surface area contributed by atoms with Gasteiger partial charge in [0.25, 0.3) is 5.16 Å². The Morgan fingerprint density at radius 3 is 1.61 bits per heavy atom. The topological polar surface area (TPSA) is 211 Å². The molecule has 4 atom stereocenters. The Labute approximate surface area is 370 Å². The zero-order chi connectivity index (χ0) is 43.9. The van der Waals surface area contributed by atoms with Gasteiger partial charge in [-0.2, -0.15) is 9.36 Å². The molecule has 0 aliphatic carbocycles. The molecule has 3 radical (unpaired) electrons. The number of tetrazole rings is 2. The lowest BCUT2D eigenvalue weighted by Crippen LogP contribution is -2.47. The molecule has 2 fully saturated rings. The Bertz CT molecular complexity index is 2140. The number of para-hydroxylation sites is 2. The quantitative estimate of drug-likeness (QED) is 0.0944. The third kappa shape index (κ3) is 16.1. The molecule has 0 spiro atoms. The monoisotopic (exact) mass is 899 g/mol. The fourth-order valence-corrected chi connectivity index (χ4v) is 8.93. The number of sulfone groups is 1. The van der Waals surface area contributed by atoms with Crippen LogP contribution in [0.2, 0.25) is 0 Å². The number of hydrogen-bond donors (Lipinski definition) is 0. The van der Waals surface area contributed by atoms with Crippen LogP contribution in [-0.2, 0) is 47.8 Å². The molecule has 0 bridgehead atoms. The summed E-state index contributed by atoms with van der Waals surface area (Å²) in [6.07, 6.45) is -0.584. The van der Waals surface area contributed by atoms with Crippen LogP contribution in [0.25, 0.3) is 11.4 Å². The van der Waals surface area contributed by atoms with Gasteiger partial charge in [0, 0.05) is 27.0 Å². The minimum absolute atomic E-state index is 0. The molecule has 2 aromatic heterocycles. The number of aromatic nitrogens is 8. The highest BCUT2D eigenvalue weighted by Gasteiger charge is 2.41. The molecule has 2 aromatic carbocycles. The van der Waals surface area contributed by atoms with Crippen molar-refractivity contribution in [3.63, 3.8) is 0 Å². The van der Waals surface area contributed by atoms with Gasteiger partial charge in [0.15, 0.2) is 11.6 Å². The molecule has 339 valence electrons. The number of hydrogen-bond acceptors (Lipinski definition) is 17. The molecule has 62 heavy (non-hydrogen) atoms. The molecule has 4 heterocycles. The minimum Gasteiger partial charge on any atom is -0.460 e. The van der Waals surface area contributed by atoms with Crippen molar-refractivity contribution < 1.29 is 46.4 Å². The number of carbonyl (C=O) groups excluding carboxylic acids is 2. The van der Waals surface area contributed by atoms with Crippen molar-refractivity contribution in [1.29, 1.82) is 0 Å². The SMILES string of the molecule is C.CC(C)(C)OC(=O)C[C@H]1C[C@@H](CS(=O)(=O)c2nnnn2-c2ccccc2)OC(C)(C)O1.CC(C)(C)OC(=O)C[C@H]1C[C@@H](CSc2nnnn2-c2ccccc2)OC(C)(C)O1.[B]. The zero-order valence-electron chi connectivity index (χ0n) is 36.4. The van der Waals surface area contributed by atoms with Crippen molar-refractivity contribution >= 4 is 42.0 Å². The standard InChI is InChI=1S/C20H28N4O6S.C20H28N4O4S.CH4.B/c1-19(2,3)30-17(25)12-15-11-16(29-20(4,5)28-15)13-31(26,27)18-21-22-23-24(18)14-9-7-6-8-10-14;1-19(2,3)28-17(25)12-15-11-16(27-20(4,5)26-15)13-29-18-21-22-23-24(18)14-9-7-6-8-10-14;;/h6-10,15-16H,11-13H2,1-5H3;6-10,15-16H,11-13H2,1-5H3;1H4;/t2*15-,16+;;/m11../s1. The van der Waals surface area contributed by atoms with Crippen LogP contribution in [-0.4, -0.2) is 128 Å². The summed E-state index contributed by atoms with van der Waals surface area (Å²) >= 11 is 1.52. The molecule has 2 saturated heterocycles. The maximum Gasteiger partial charge on any atom is 0.308 e. The highest BCUT2D eigenvalue weighted by molar-refractivity contribution is 7.99.